The van der Waals surface area contributed by atoms with Crippen LogP contribution in [-0.4, -0.2) is 14.8 Å². The Hall–Kier alpha value is -1.21. The van der Waals surface area contributed by atoms with Gasteiger partial charge < -0.3 is 9.30 Å². The van der Waals surface area contributed by atoms with Gasteiger partial charge in [0.25, 0.3) is 0 Å². The molecular formula is C17H14BrCl2N3OS. The maximum Gasteiger partial charge on any atom is 0.191 e. The lowest BCUT2D eigenvalue weighted by Gasteiger charge is -2.07. The lowest BCUT2D eigenvalue weighted by Crippen LogP contribution is -2.04. The molecule has 4 nitrogen and oxygen atoms in total. The van der Waals surface area contributed by atoms with Crippen LogP contribution in [0.2, 0.25) is 10.0 Å². The molecular weight excluding hydrogens is 445 g/mol. The van der Waals surface area contributed by atoms with Gasteiger partial charge in [-0.1, -0.05) is 57.0 Å². The molecule has 25 heavy (non-hydrogen) atoms. The fraction of sp³-hybridized carbons (Fsp3) is 0.176. The average Bonchev–Trinajstić information content (AvgIpc) is 2.95. The first kappa shape index (κ1) is 18.6. The standard InChI is InChI=1S/C17H14BrCl2N3OS/c1-23-16(9-24-13-5-3-12(18)4-6-13)21-22-17(23)25-10-11-2-7-14(19)15(20)8-11/h2-8H,9-10H2,1H3. The molecule has 0 aliphatic carbocycles. The molecule has 0 N–H and O–H groups in total. The van der Waals surface area contributed by atoms with Gasteiger partial charge in [-0.15, -0.1) is 10.2 Å². The lowest BCUT2D eigenvalue weighted by atomic mass is 10.2. The molecule has 0 radical (unpaired) electrons. The van der Waals surface area contributed by atoms with Crippen LogP contribution in [0.1, 0.15) is 11.4 Å². The molecule has 0 saturated heterocycles. The molecule has 0 spiro atoms. The average molecular weight is 459 g/mol. The highest BCUT2D eigenvalue weighted by Gasteiger charge is 2.10. The van der Waals surface area contributed by atoms with E-state index in [1.165, 1.54) is 0 Å². The van der Waals surface area contributed by atoms with Crippen molar-refractivity contribution in [2.45, 2.75) is 17.5 Å². The van der Waals surface area contributed by atoms with E-state index >= 15 is 0 Å². The van der Waals surface area contributed by atoms with Gasteiger partial charge in [0.15, 0.2) is 11.0 Å². The van der Waals surface area contributed by atoms with Crippen LogP contribution >= 0.6 is 50.9 Å². The summed E-state index contributed by atoms with van der Waals surface area (Å²) in [5, 5.41) is 10.4. The zero-order chi connectivity index (χ0) is 17.8. The summed E-state index contributed by atoms with van der Waals surface area (Å²) in [5.74, 6) is 2.28. The summed E-state index contributed by atoms with van der Waals surface area (Å²) in [4.78, 5) is 0. The van der Waals surface area contributed by atoms with Gasteiger partial charge in [0, 0.05) is 17.3 Å². The molecule has 2 aromatic carbocycles. The molecule has 0 atom stereocenters. The number of benzene rings is 2. The van der Waals surface area contributed by atoms with E-state index in [9.17, 15) is 0 Å². The second-order valence-corrected chi connectivity index (χ2v) is 7.91. The third kappa shape index (κ3) is 4.91. The van der Waals surface area contributed by atoms with Crippen molar-refractivity contribution in [1.29, 1.82) is 0 Å². The maximum atomic E-state index is 6.05. The second kappa shape index (κ2) is 8.45. The highest BCUT2D eigenvalue weighted by atomic mass is 79.9. The Morgan fingerprint density at radius 1 is 1.08 bits per heavy atom. The van der Waals surface area contributed by atoms with Crippen LogP contribution in [0.3, 0.4) is 0 Å². The van der Waals surface area contributed by atoms with Gasteiger partial charge in [-0.05, 0) is 42.0 Å². The fourth-order valence-corrected chi connectivity index (χ4v) is 3.51. The fourth-order valence-electron chi connectivity index (χ4n) is 2.05. The number of thioether (sulfide) groups is 1. The van der Waals surface area contributed by atoms with E-state index in [1.807, 2.05) is 48.0 Å². The monoisotopic (exact) mass is 457 g/mol. The van der Waals surface area contributed by atoms with Crippen molar-refractivity contribution in [1.82, 2.24) is 14.8 Å². The van der Waals surface area contributed by atoms with E-state index in [0.29, 0.717) is 16.7 Å². The Bertz CT molecular complexity index is 871. The normalized spacial score (nSPS) is 10.9. The number of aromatic nitrogens is 3. The molecule has 3 rings (SSSR count). The molecule has 0 bridgehead atoms. The summed E-state index contributed by atoms with van der Waals surface area (Å²) in [6.45, 7) is 0.360. The Balaban J connectivity index is 1.60. The van der Waals surface area contributed by atoms with E-state index in [1.54, 1.807) is 17.8 Å². The van der Waals surface area contributed by atoms with Crippen molar-refractivity contribution in [3.63, 3.8) is 0 Å². The summed E-state index contributed by atoms with van der Waals surface area (Å²) >= 11 is 17.0. The molecule has 8 heteroatoms. The summed E-state index contributed by atoms with van der Waals surface area (Å²) in [7, 11) is 1.93. The van der Waals surface area contributed by atoms with Gasteiger partial charge in [-0.2, -0.15) is 0 Å². The molecule has 1 heterocycles. The topological polar surface area (TPSA) is 39.9 Å². The Labute approximate surface area is 168 Å². The molecule has 0 aliphatic heterocycles. The van der Waals surface area contributed by atoms with Gasteiger partial charge in [0.2, 0.25) is 0 Å². The van der Waals surface area contributed by atoms with Gasteiger partial charge in [0.1, 0.15) is 12.4 Å². The van der Waals surface area contributed by atoms with Crippen molar-refractivity contribution in [3.8, 4) is 5.75 Å². The van der Waals surface area contributed by atoms with Gasteiger partial charge in [0.05, 0.1) is 10.0 Å². The number of rotatable bonds is 6. The first-order chi connectivity index (χ1) is 12.0. The zero-order valence-corrected chi connectivity index (χ0v) is 17.2. The highest BCUT2D eigenvalue weighted by molar-refractivity contribution is 9.10. The Kier molecular flexibility index (Phi) is 6.28. The van der Waals surface area contributed by atoms with Gasteiger partial charge in [-0.25, -0.2) is 0 Å². The second-order valence-electron chi connectivity index (χ2n) is 5.24. The third-order valence-electron chi connectivity index (χ3n) is 3.46. The first-order valence-electron chi connectivity index (χ1n) is 7.36. The minimum Gasteiger partial charge on any atom is -0.486 e. The molecule has 0 amide bonds. The SMILES string of the molecule is Cn1c(COc2ccc(Br)cc2)nnc1SCc1ccc(Cl)c(Cl)c1. The van der Waals surface area contributed by atoms with Crippen molar-refractivity contribution >= 4 is 50.9 Å². The predicted molar refractivity (Wildman–Crippen MR) is 106 cm³/mol. The Morgan fingerprint density at radius 3 is 2.56 bits per heavy atom. The minimum atomic E-state index is 0.360. The van der Waals surface area contributed by atoms with E-state index in [2.05, 4.69) is 26.1 Å². The maximum absolute atomic E-state index is 6.05. The zero-order valence-electron chi connectivity index (χ0n) is 13.2. The number of hydrogen-bond acceptors (Lipinski definition) is 4. The molecule has 0 fully saturated rings. The van der Waals surface area contributed by atoms with Crippen LogP contribution in [0.25, 0.3) is 0 Å². The van der Waals surface area contributed by atoms with Crippen LogP contribution in [-0.2, 0) is 19.4 Å². The predicted octanol–water partition coefficient (Wildman–Crippen LogP) is 5.76. The number of ether oxygens (including phenoxy) is 1. The molecule has 3 aromatic rings. The van der Waals surface area contributed by atoms with Gasteiger partial charge >= 0.3 is 0 Å². The molecule has 0 saturated carbocycles. The molecule has 130 valence electrons. The highest BCUT2D eigenvalue weighted by Crippen LogP contribution is 2.27. The van der Waals surface area contributed by atoms with Crippen molar-refractivity contribution < 1.29 is 4.74 Å². The summed E-state index contributed by atoms with van der Waals surface area (Å²) in [6, 6.07) is 13.3. The van der Waals surface area contributed by atoms with E-state index in [-0.39, 0.29) is 0 Å². The number of nitrogens with zero attached hydrogens (tertiary/aromatic N) is 3. The van der Waals surface area contributed by atoms with Crippen molar-refractivity contribution in [2.24, 2.45) is 7.05 Å². The summed E-state index contributed by atoms with van der Waals surface area (Å²) < 4.78 is 8.69. The smallest absolute Gasteiger partial charge is 0.191 e. The number of hydrogen-bond donors (Lipinski definition) is 0. The van der Waals surface area contributed by atoms with Crippen LogP contribution in [0.4, 0.5) is 0 Å². The molecule has 0 unspecified atom stereocenters. The van der Waals surface area contributed by atoms with E-state index in [4.69, 9.17) is 27.9 Å². The van der Waals surface area contributed by atoms with E-state index in [0.717, 1.165) is 32.5 Å². The van der Waals surface area contributed by atoms with Crippen LogP contribution in [0, 0.1) is 0 Å². The van der Waals surface area contributed by atoms with Crippen LogP contribution in [0.5, 0.6) is 5.75 Å². The third-order valence-corrected chi connectivity index (χ3v) is 5.82. The van der Waals surface area contributed by atoms with Crippen LogP contribution < -0.4 is 4.74 Å². The molecule has 1 aromatic heterocycles. The summed E-state index contributed by atoms with van der Waals surface area (Å²) in [6.07, 6.45) is 0. The Morgan fingerprint density at radius 2 is 1.84 bits per heavy atom. The molecule has 0 aliphatic rings. The first-order valence-corrected chi connectivity index (χ1v) is 9.90. The van der Waals surface area contributed by atoms with Gasteiger partial charge in [-0.3, -0.25) is 0 Å². The lowest BCUT2D eigenvalue weighted by molar-refractivity contribution is 0.290. The largest absolute Gasteiger partial charge is 0.486 e. The minimum absolute atomic E-state index is 0.360. The van der Waals surface area contributed by atoms with Crippen LogP contribution in [0.15, 0.2) is 52.1 Å². The number of halogens is 3. The summed E-state index contributed by atoms with van der Waals surface area (Å²) in [5.41, 5.74) is 1.08. The van der Waals surface area contributed by atoms with E-state index < -0.39 is 0 Å². The quantitative estimate of drug-likeness (QED) is 0.440. The van der Waals surface area contributed by atoms with Crippen molar-refractivity contribution in [2.75, 3.05) is 0 Å². The van der Waals surface area contributed by atoms with Crippen molar-refractivity contribution in [3.05, 3.63) is 68.4 Å².